The van der Waals surface area contributed by atoms with Gasteiger partial charge in [-0.2, -0.15) is 17.5 Å². The van der Waals surface area contributed by atoms with Crippen molar-refractivity contribution >= 4 is 26.7 Å². The fraction of sp³-hybridized carbons (Fsp3) is 0.393. The van der Waals surface area contributed by atoms with Crippen LogP contribution < -0.4 is 5.32 Å². The zero-order chi connectivity index (χ0) is 27.9. The van der Waals surface area contributed by atoms with Crippen LogP contribution in [0.5, 0.6) is 0 Å². The molecule has 1 spiro atoms. The Labute approximate surface area is 224 Å². The molecule has 2 saturated heterocycles. The number of sulfonamides is 1. The summed E-state index contributed by atoms with van der Waals surface area (Å²) in [6, 6.07) is 18.6. The van der Waals surface area contributed by atoms with Crippen LogP contribution >= 0.6 is 0 Å². The predicted molar refractivity (Wildman–Crippen MR) is 138 cm³/mol. The van der Waals surface area contributed by atoms with E-state index in [0.717, 1.165) is 17.9 Å². The Hall–Kier alpha value is -2.99. The summed E-state index contributed by atoms with van der Waals surface area (Å²) in [6.07, 6.45) is -4.01. The molecule has 2 unspecified atom stereocenters. The van der Waals surface area contributed by atoms with E-state index in [1.54, 1.807) is 24.3 Å². The molecular formula is C28H29F3N2O5S. The molecule has 2 aliphatic heterocycles. The molecule has 39 heavy (non-hydrogen) atoms. The molecule has 0 bridgehead atoms. The first-order chi connectivity index (χ1) is 18.5. The van der Waals surface area contributed by atoms with Gasteiger partial charge in [0.05, 0.1) is 23.1 Å². The van der Waals surface area contributed by atoms with Crippen LogP contribution in [0.4, 0.5) is 13.2 Å². The number of carbonyl (C=O) groups is 1. The Bertz CT molecular complexity index is 1460. The van der Waals surface area contributed by atoms with E-state index in [9.17, 15) is 26.4 Å². The summed E-state index contributed by atoms with van der Waals surface area (Å²) in [5.74, 6) is -1.31. The molecule has 2 atom stereocenters. The van der Waals surface area contributed by atoms with E-state index in [1.165, 1.54) is 28.6 Å². The van der Waals surface area contributed by atoms with Crippen molar-refractivity contribution < 1.29 is 35.9 Å². The fourth-order valence-corrected chi connectivity index (χ4v) is 7.08. The second-order valence-corrected chi connectivity index (χ2v) is 12.0. The number of nitrogens with one attached hydrogen (secondary N) is 1. The third kappa shape index (κ3) is 4.93. The molecule has 2 heterocycles. The first kappa shape index (κ1) is 27.6. The van der Waals surface area contributed by atoms with E-state index in [-0.39, 0.29) is 36.6 Å². The van der Waals surface area contributed by atoms with E-state index in [1.807, 2.05) is 24.3 Å². The van der Waals surface area contributed by atoms with Gasteiger partial charge in [0, 0.05) is 25.8 Å². The summed E-state index contributed by atoms with van der Waals surface area (Å²) in [7, 11) is -2.88. The average Bonchev–Trinajstić information content (AvgIpc) is 3.30. The van der Waals surface area contributed by atoms with Crippen LogP contribution in [0.25, 0.3) is 10.8 Å². The van der Waals surface area contributed by atoms with Crippen molar-refractivity contribution in [3.8, 4) is 0 Å². The van der Waals surface area contributed by atoms with Crippen molar-refractivity contribution in [1.82, 2.24) is 9.62 Å². The van der Waals surface area contributed by atoms with E-state index in [2.05, 4.69) is 5.32 Å². The van der Waals surface area contributed by atoms with E-state index >= 15 is 0 Å². The van der Waals surface area contributed by atoms with Crippen molar-refractivity contribution in [1.29, 1.82) is 0 Å². The number of hydrogen-bond donors (Lipinski definition) is 1. The normalized spacial score (nSPS) is 21.6. The number of fused-ring (bicyclic) bond motifs is 1. The molecule has 2 aliphatic rings. The summed E-state index contributed by atoms with van der Waals surface area (Å²) in [4.78, 5) is 13.3. The lowest BCUT2D eigenvalue weighted by molar-refractivity contribution is -0.266. The van der Waals surface area contributed by atoms with Gasteiger partial charge in [-0.05, 0) is 42.2 Å². The Balaban J connectivity index is 1.26. The second-order valence-electron chi connectivity index (χ2n) is 10.0. The molecule has 0 radical (unpaired) electrons. The zero-order valence-electron chi connectivity index (χ0n) is 21.3. The topological polar surface area (TPSA) is 84.9 Å². The highest BCUT2D eigenvalue weighted by atomic mass is 32.2. The first-order valence-electron chi connectivity index (χ1n) is 12.6. The molecule has 208 valence electrons. The van der Waals surface area contributed by atoms with E-state index in [0.29, 0.717) is 12.8 Å². The highest BCUT2D eigenvalue weighted by molar-refractivity contribution is 7.89. The number of nitrogens with zero attached hydrogens (tertiary/aromatic N) is 1. The van der Waals surface area contributed by atoms with Crippen LogP contribution in [-0.2, 0) is 29.9 Å². The van der Waals surface area contributed by atoms with Crippen molar-refractivity contribution in [2.45, 2.75) is 47.6 Å². The number of carbonyl (C=O) groups excluding carboxylic acids is 1. The zero-order valence-corrected chi connectivity index (χ0v) is 22.1. The van der Waals surface area contributed by atoms with Gasteiger partial charge in [-0.3, -0.25) is 4.79 Å². The molecule has 3 aromatic rings. The SMILES string of the molecule is COC(C(=O)NC1COC2(CCN(S(=O)(=O)c3ccc4ccccc4c3)CC2)C1)(c1ccccc1)C(F)(F)F. The third-order valence-electron chi connectivity index (χ3n) is 7.74. The molecular weight excluding hydrogens is 533 g/mol. The van der Waals surface area contributed by atoms with Gasteiger partial charge in [0.1, 0.15) is 0 Å². The van der Waals surface area contributed by atoms with E-state index < -0.39 is 39.4 Å². The first-order valence-corrected chi connectivity index (χ1v) is 14.1. The van der Waals surface area contributed by atoms with Gasteiger partial charge < -0.3 is 14.8 Å². The monoisotopic (exact) mass is 562 g/mol. The van der Waals surface area contributed by atoms with Crippen LogP contribution in [0.15, 0.2) is 77.7 Å². The van der Waals surface area contributed by atoms with Crippen LogP contribution in [0.3, 0.4) is 0 Å². The molecule has 2 fully saturated rings. The predicted octanol–water partition coefficient (Wildman–Crippen LogP) is 4.37. The quantitative estimate of drug-likeness (QED) is 0.482. The van der Waals surface area contributed by atoms with Crippen molar-refractivity contribution in [2.24, 2.45) is 0 Å². The lowest BCUT2D eigenvalue weighted by Crippen LogP contribution is -2.57. The lowest BCUT2D eigenvalue weighted by atomic mass is 9.87. The van der Waals surface area contributed by atoms with Gasteiger partial charge in [0.15, 0.2) is 0 Å². The number of halogens is 3. The molecule has 0 aromatic heterocycles. The maximum absolute atomic E-state index is 14.2. The molecule has 0 saturated carbocycles. The van der Waals surface area contributed by atoms with E-state index in [4.69, 9.17) is 9.47 Å². The van der Waals surface area contributed by atoms with Gasteiger partial charge in [-0.15, -0.1) is 0 Å². The molecule has 7 nitrogen and oxygen atoms in total. The lowest BCUT2D eigenvalue weighted by Gasteiger charge is -2.38. The van der Waals surface area contributed by atoms with Gasteiger partial charge >= 0.3 is 6.18 Å². The van der Waals surface area contributed by atoms with Crippen molar-refractivity contribution in [3.05, 3.63) is 78.4 Å². The van der Waals surface area contributed by atoms with Gasteiger partial charge in [0.2, 0.25) is 10.0 Å². The minimum atomic E-state index is -5.01. The van der Waals surface area contributed by atoms with Crippen molar-refractivity contribution in [3.63, 3.8) is 0 Å². The molecule has 11 heteroatoms. The smallest absolute Gasteiger partial charge is 0.373 e. The van der Waals surface area contributed by atoms with Crippen LogP contribution in [0, 0.1) is 0 Å². The Morgan fingerprint density at radius 3 is 2.28 bits per heavy atom. The Kier molecular flexibility index (Phi) is 7.21. The highest BCUT2D eigenvalue weighted by Crippen LogP contribution is 2.43. The summed E-state index contributed by atoms with van der Waals surface area (Å²) in [5.41, 5.74) is -4.21. The number of methoxy groups -OCH3 is 1. The molecule has 3 aromatic carbocycles. The summed E-state index contributed by atoms with van der Waals surface area (Å²) in [6.45, 7) is 0.421. The highest BCUT2D eigenvalue weighted by Gasteiger charge is 2.63. The number of alkyl halides is 3. The molecule has 1 amide bonds. The van der Waals surface area contributed by atoms with Crippen LogP contribution in [-0.4, -0.2) is 63.3 Å². The number of amides is 1. The van der Waals surface area contributed by atoms with Gasteiger partial charge in [0.25, 0.3) is 11.5 Å². The van der Waals surface area contributed by atoms with Gasteiger partial charge in [-0.25, -0.2) is 8.42 Å². The minimum Gasteiger partial charge on any atom is -0.373 e. The number of piperidine rings is 1. The minimum absolute atomic E-state index is 0.0234. The van der Waals surface area contributed by atoms with Gasteiger partial charge in [-0.1, -0.05) is 60.7 Å². The maximum atomic E-state index is 14.2. The average molecular weight is 563 g/mol. The van der Waals surface area contributed by atoms with Crippen LogP contribution in [0.2, 0.25) is 0 Å². The van der Waals surface area contributed by atoms with Crippen molar-refractivity contribution in [2.75, 3.05) is 26.8 Å². The number of benzene rings is 3. The Morgan fingerprint density at radius 1 is 1.00 bits per heavy atom. The number of hydrogen-bond acceptors (Lipinski definition) is 5. The second kappa shape index (κ2) is 10.2. The maximum Gasteiger partial charge on any atom is 0.430 e. The summed E-state index contributed by atoms with van der Waals surface area (Å²) in [5, 5.41) is 4.26. The standard InChI is InChI=1S/C28H29F3N2O5S/c1-37-27(28(29,30)31,22-9-3-2-4-10-22)25(34)32-23-18-26(38-19-23)13-15-33(16-14-26)39(35,36)24-12-11-20-7-5-6-8-21(20)17-24/h2-12,17,23H,13-16,18-19H2,1H3,(H,32,34). The largest absolute Gasteiger partial charge is 0.430 e. The summed E-state index contributed by atoms with van der Waals surface area (Å²) < 4.78 is 81.6. The molecule has 5 rings (SSSR count). The number of rotatable bonds is 6. The van der Waals surface area contributed by atoms with Crippen LogP contribution in [0.1, 0.15) is 24.8 Å². The number of ether oxygens (including phenoxy) is 2. The molecule has 0 aliphatic carbocycles. The summed E-state index contributed by atoms with van der Waals surface area (Å²) >= 11 is 0. The molecule has 1 N–H and O–H groups in total. The fourth-order valence-electron chi connectivity index (χ4n) is 5.61. The Morgan fingerprint density at radius 2 is 1.64 bits per heavy atom. The third-order valence-corrected chi connectivity index (χ3v) is 9.64.